The van der Waals surface area contributed by atoms with E-state index in [4.69, 9.17) is 16.3 Å². The average molecular weight is 461 g/mol. The number of para-hydroxylation sites is 1. The molecule has 0 aliphatic rings. The first-order chi connectivity index (χ1) is 15.8. The second-order valence-corrected chi connectivity index (χ2v) is 8.64. The van der Waals surface area contributed by atoms with Gasteiger partial charge in [-0.05, 0) is 59.9 Å². The molecule has 0 fully saturated rings. The summed E-state index contributed by atoms with van der Waals surface area (Å²) in [6.45, 7) is 6.03. The van der Waals surface area contributed by atoms with Crippen LogP contribution in [-0.2, 0) is 4.79 Å². The normalized spacial score (nSPS) is 11.1. The largest absolute Gasteiger partial charge is 0.495 e. The van der Waals surface area contributed by atoms with Gasteiger partial charge in [0.15, 0.2) is 0 Å². The van der Waals surface area contributed by atoms with Crippen molar-refractivity contribution in [1.29, 1.82) is 0 Å². The number of aromatic nitrogens is 1. The van der Waals surface area contributed by atoms with E-state index in [1.807, 2.05) is 55.5 Å². The van der Waals surface area contributed by atoms with Crippen LogP contribution in [0.2, 0.25) is 5.02 Å². The van der Waals surface area contributed by atoms with Gasteiger partial charge in [0, 0.05) is 23.0 Å². The smallest absolute Gasteiger partial charge is 0.298 e. The summed E-state index contributed by atoms with van der Waals surface area (Å²) in [6.07, 6.45) is 1.78. The summed E-state index contributed by atoms with van der Waals surface area (Å²) in [7, 11) is 1.55. The highest BCUT2D eigenvalue weighted by Crippen LogP contribution is 2.34. The van der Waals surface area contributed by atoms with Gasteiger partial charge in [-0.15, -0.1) is 0 Å². The molecular weight excluding hydrogens is 436 g/mol. The molecule has 0 radical (unpaired) electrons. The molecular formula is C27H25ClN2O3. The number of hydrogen-bond donors (Lipinski definition) is 1. The van der Waals surface area contributed by atoms with Gasteiger partial charge >= 0.3 is 0 Å². The molecule has 0 saturated heterocycles. The Morgan fingerprint density at radius 2 is 1.82 bits per heavy atom. The molecule has 168 valence electrons. The number of benzene rings is 2. The minimum Gasteiger partial charge on any atom is -0.495 e. The van der Waals surface area contributed by atoms with Gasteiger partial charge in [-0.1, -0.05) is 55.8 Å². The SMILES string of the molecule is COc1ccc(-c2cc3ccccn3c2C(=O)C(=O)Nc2c(C)cccc2C(C)C)cc1Cl. The number of ketones is 1. The van der Waals surface area contributed by atoms with Crippen LogP contribution < -0.4 is 10.1 Å². The van der Waals surface area contributed by atoms with Gasteiger partial charge in [0.1, 0.15) is 11.4 Å². The van der Waals surface area contributed by atoms with E-state index in [9.17, 15) is 9.59 Å². The molecule has 5 nitrogen and oxygen atoms in total. The summed E-state index contributed by atoms with van der Waals surface area (Å²) in [5.41, 5.74) is 5.00. The van der Waals surface area contributed by atoms with E-state index in [1.165, 1.54) is 0 Å². The number of nitrogens with one attached hydrogen (secondary N) is 1. The Labute approximate surface area is 198 Å². The quantitative estimate of drug-likeness (QED) is 0.263. The summed E-state index contributed by atoms with van der Waals surface area (Å²) in [6, 6.07) is 18.6. The maximum Gasteiger partial charge on any atom is 0.298 e. The van der Waals surface area contributed by atoms with E-state index < -0.39 is 11.7 Å². The fourth-order valence-electron chi connectivity index (χ4n) is 4.03. The molecule has 33 heavy (non-hydrogen) atoms. The number of carbonyl (C=O) groups excluding carboxylic acids is 2. The zero-order valence-electron chi connectivity index (χ0n) is 19.0. The first-order valence-corrected chi connectivity index (χ1v) is 11.1. The number of rotatable bonds is 6. The second-order valence-electron chi connectivity index (χ2n) is 8.23. The van der Waals surface area contributed by atoms with Crippen molar-refractivity contribution in [2.24, 2.45) is 0 Å². The highest BCUT2D eigenvalue weighted by atomic mass is 35.5. The van der Waals surface area contributed by atoms with Crippen LogP contribution in [0.15, 0.2) is 66.9 Å². The summed E-state index contributed by atoms with van der Waals surface area (Å²) in [5, 5.41) is 3.30. The lowest BCUT2D eigenvalue weighted by atomic mass is 9.98. The number of anilines is 1. The van der Waals surface area contributed by atoms with Crippen LogP contribution in [0.5, 0.6) is 5.75 Å². The second kappa shape index (κ2) is 9.12. The number of fused-ring (bicyclic) bond motifs is 1. The number of Topliss-reactive ketones (excluding diaryl/α,β-unsaturated/α-hetero) is 1. The zero-order valence-corrected chi connectivity index (χ0v) is 19.7. The predicted octanol–water partition coefficient (Wildman–Crippen LogP) is 6.52. The highest BCUT2D eigenvalue weighted by molar-refractivity contribution is 6.47. The number of aryl methyl sites for hydroxylation is 1. The number of hydrogen-bond acceptors (Lipinski definition) is 3. The van der Waals surface area contributed by atoms with Gasteiger partial charge in [-0.3, -0.25) is 9.59 Å². The molecule has 2 aromatic heterocycles. The van der Waals surface area contributed by atoms with Crippen LogP contribution in [0.1, 0.15) is 41.4 Å². The Bertz CT molecular complexity index is 1370. The Balaban J connectivity index is 1.80. The monoisotopic (exact) mass is 460 g/mol. The molecule has 0 bridgehead atoms. The van der Waals surface area contributed by atoms with Crippen LogP contribution in [0.25, 0.3) is 16.6 Å². The van der Waals surface area contributed by atoms with Crippen molar-refractivity contribution < 1.29 is 14.3 Å². The summed E-state index contributed by atoms with van der Waals surface area (Å²) in [4.78, 5) is 26.7. The van der Waals surface area contributed by atoms with Gasteiger partial charge < -0.3 is 14.5 Å². The van der Waals surface area contributed by atoms with Crippen LogP contribution >= 0.6 is 11.6 Å². The molecule has 4 rings (SSSR count). The molecule has 2 aromatic carbocycles. The van der Waals surface area contributed by atoms with Gasteiger partial charge in [0.25, 0.3) is 11.7 Å². The number of amides is 1. The van der Waals surface area contributed by atoms with E-state index in [0.29, 0.717) is 22.0 Å². The lowest BCUT2D eigenvalue weighted by Gasteiger charge is -2.16. The van der Waals surface area contributed by atoms with E-state index in [-0.39, 0.29) is 11.6 Å². The van der Waals surface area contributed by atoms with Crippen molar-refractivity contribution >= 4 is 34.5 Å². The summed E-state index contributed by atoms with van der Waals surface area (Å²) in [5.74, 6) is -0.575. The lowest BCUT2D eigenvalue weighted by Crippen LogP contribution is -2.25. The van der Waals surface area contributed by atoms with Crippen molar-refractivity contribution in [3.8, 4) is 16.9 Å². The molecule has 0 saturated carbocycles. The number of ether oxygens (including phenoxy) is 1. The molecule has 1 N–H and O–H groups in total. The molecule has 2 heterocycles. The maximum atomic E-state index is 13.5. The van der Waals surface area contributed by atoms with Crippen molar-refractivity contribution in [2.45, 2.75) is 26.7 Å². The molecule has 0 aliphatic carbocycles. The van der Waals surface area contributed by atoms with E-state index in [0.717, 1.165) is 22.2 Å². The molecule has 0 spiro atoms. The topological polar surface area (TPSA) is 59.8 Å². The van der Waals surface area contributed by atoms with Crippen molar-refractivity contribution in [1.82, 2.24) is 4.40 Å². The number of pyridine rings is 1. The lowest BCUT2D eigenvalue weighted by molar-refractivity contribution is -0.112. The van der Waals surface area contributed by atoms with E-state index >= 15 is 0 Å². The van der Waals surface area contributed by atoms with Gasteiger partial charge in [0.05, 0.1) is 12.1 Å². The molecule has 0 atom stereocenters. The van der Waals surface area contributed by atoms with Crippen molar-refractivity contribution in [2.75, 3.05) is 12.4 Å². The van der Waals surface area contributed by atoms with E-state index in [2.05, 4.69) is 19.2 Å². The molecule has 6 heteroatoms. The average Bonchev–Trinajstić information content (AvgIpc) is 3.19. The third-order valence-corrected chi connectivity index (χ3v) is 6.02. The van der Waals surface area contributed by atoms with Crippen LogP contribution in [0.4, 0.5) is 5.69 Å². The number of methoxy groups -OCH3 is 1. The Morgan fingerprint density at radius 3 is 2.52 bits per heavy atom. The van der Waals surface area contributed by atoms with Crippen LogP contribution in [0.3, 0.4) is 0 Å². The Morgan fingerprint density at radius 1 is 1.03 bits per heavy atom. The van der Waals surface area contributed by atoms with Gasteiger partial charge in [-0.2, -0.15) is 0 Å². The predicted molar refractivity (Wildman–Crippen MR) is 133 cm³/mol. The summed E-state index contributed by atoms with van der Waals surface area (Å²) < 4.78 is 6.98. The Hall–Kier alpha value is -3.57. The van der Waals surface area contributed by atoms with Crippen molar-refractivity contribution in [3.63, 3.8) is 0 Å². The molecule has 1 amide bonds. The number of nitrogens with zero attached hydrogens (tertiary/aromatic N) is 1. The zero-order chi connectivity index (χ0) is 23.7. The van der Waals surface area contributed by atoms with Gasteiger partial charge in [0.2, 0.25) is 0 Å². The minimum atomic E-state index is -0.684. The first-order valence-electron chi connectivity index (χ1n) is 10.7. The first kappa shape index (κ1) is 22.6. The Kier molecular flexibility index (Phi) is 6.25. The maximum absolute atomic E-state index is 13.5. The van der Waals surface area contributed by atoms with Crippen molar-refractivity contribution in [3.05, 3.63) is 88.7 Å². The van der Waals surface area contributed by atoms with Crippen LogP contribution in [0, 0.1) is 6.92 Å². The highest BCUT2D eigenvalue weighted by Gasteiger charge is 2.26. The van der Waals surface area contributed by atoms with E-state index in [1.54, 1.807) is 29.8 Å². The molecule has 0 aliphatic heterocycles. The fourth-order valence-corrected chi connectivity index (χ4v) is 4.29. The fraction of sp³-hybridized carbons (Fsp3) is 0.185. The number of halogens is 1. The standard InChI is InChI=1S/C27H25ClN2O3/c1-16(2)20-10-7-8-17(3)24(20)29-27(32)26(31)25-21(15-19-9-5-6-13-30(19)25)18-11-12-23(33-4)22(28)14-18/h5-16H,1-4H3,(H,29,32). The molecule has 4 aromatic rings. The van der Waals surface area contributed by atoms with Crippen LogP contribution in [-0.4, -0.2) is 23.2 Å². The number of carbonyl (C=O) groups is 2. The minimum absolute atomic E-state index is 0.196. The van der Waals surface area contributed by atoms with Gasteiger partial charge in [-0.25, -0.2) is 0 Å². The summed E-state index contributed by atoms with van der Waals surface area (Å²) >= 11 is 6.35. The third kappa shape index (κ3) is 4.24. The third-order valence-electron chi connectivity index (χ3n) is 5.73. The molecule has 0 unspecified atom stereocenters.